The molecule has 1 rings (SSSR count). The molecule has 0 bridgehead atoms. The molecule has 0 atom stereocenters. The predicted octanol–water partition coefficient (Wildman–Crippen LogP) is 4.56. The van der Waals surface area contributed by atoms with E-state index in [9.17, 15) is 8.78 Å². The number of para-hydroxylation sites is 1. The number of unbranched alkanes of at least 4 members (excludes halogenated alkanes) is 1. The highest BCUT2D eigenvalue weighted by Gasteiger charge is 2.11. The maximum Gasteiger partial charge on any atom is 0.190 e. The second-order valence-electron chi connectivity index (χ2n) is 5.42. The molecule has 0 unspecified atom stereocenters. The van der Waals surface area contributed by atoms with E-state index >= 15 is 0 Å². The monoisotopic (exact) mass is 242 g/mol. The molecule has 0 fully saturated rings. The van der Waals surface area contributed by atoms with Crippen molar-refractivity contribution in [1.29, 1.82) is 0 Å². The van der Waals surface area contributed by atoms with E-state index in [1.54, 1.807) is 0 Å². The molecular formula is C14H20F2O. The first-order valence-electron chi connectivity index (χ1n) is 5.97. The van der Waals surface area contributed by atoms with Gasteiger partial charge in [0.05, 0.1) is 6.61 Å². The van der Waals surface area contributed by atoms with Gasteiger partial charge in [0.25, 0.3) is 0 Å². The van der Waals surface area contributed by atoms with Crippen molar-refractivity contribution in [2.24, 2.45) is 5.41 Å². The summed E-state index contributed by atoms with van der Waals surface area (Å²) in [6.45, 7) is 6.87. The molecule has 0 aliphatic rings. The van der Waals surface area contributed by atoms with Crippen LogP contribution in [-0.4, -0.2) is 6.61 Å². The van der Waals surface area contributed by atoms with Gasteiger partial charge in [0.2, 0.25) is 0 Å². The molecule has 96 valence electrons. The Kier molecular flexibility index (Phi) is 4.91. The number of halogens is 2. The first kappa shape index (κ1) is 13.9. The van der Waals surface area contributed by atoms with Gasteiger partial charge in [-0.1, -0.05) is 26.8 Å². The van der Waals surface area contributed by atoms with E-state index in [1.807, 2.05) is 0 Å². The zero-order valence-electron chi connectivity index (χ0n) is 10.7. The van der Waals surface area contributed by atoms with Gasteiger partial charge in [-0.2, -0.15) is 0 Å². The van der Waals surface area contributed by atoms with Gasteiger partial charge in [0, 0.05) is 0 Å². The van der Waals surface area contributed by atoms with Gasteiger partial charge in [0.15, 0.2) is 17.4 Å². The molecule has 0 radical (unpaired) electrons. The normalized spacial score (nSPS) is 11.6. The van der Waals surface area contributed by atoms with E-state index in [1.165, 1.54) is 18.2 Å². The third-order valence-electron chi connectivity index (χ3n) is 2.49. The Morgan fingerprint density at radius 2 is 1.65 bits per heavy atom. The number of hydrogen-bond donors (Lipinski definition) is 0. The number of ether oxygens (including phenoxy) is 1. The molecule has 0 aliphatic carbocycles. The molecule has 17 heavy (non-hydrogen) atoms. The molecule has 0 N–H and O–H groups in total. The molecule has 0 aliphatic heterocycles. The van der Waals surface area contributed by atoms with E-state index < -0.39 is 11.6 Å². The summed E-state index contributed by atoms with van der Waals surface area (Å²) in [5.74, 6) is -1.54. The Morgan fingerprint density at radius 3 is 2.18 bits per heavy atom. The minimum atomic E-state index is -0.638. The summed E-state index contributed by atoms with van der Waals surface area (Å²) >= 11 is 0. The first-order valence-corrected chi connectivity index (χ1v) is 5.97. The van der Waals surface area contributed by atoms with Crippen LogP contribution in [0.2, 0.25) is 0 Å². The summed E-state index contributed by atoms with van der Waals surface area (Å²) in [7, 11) is 0. The minimum Gasteiger partial charge on any atom is -0.488 e. The van der Waals surface area contributed by atoms with Crippen molar-refractivity contribution < 1.29 is 13.5 Å². The number of rotatable bonds is 5. The van der Waals surface area contributed by atoms with Crippen molar-refractivity contribution in [1.82, 2.24) is 0 Å². The van der Waals surface area contributed by atoms with E-state index in [0.29, 0.717) is 12.0 Å². The molecule has 3 heteroatoms. The van der Waals surface area contributed by atoms with Crippen LogP contribution in [0.3, 0.4) is 0 Å². The summed E-state index contributed by atoms with van der Waals surface area (Å²) < 4.78 is 31.5. The van der Waals surface area contributed by atoms with E-state index in [-0.39, 0.29) is 5.75 Å². The molecule has 1 aromatic rings. The average molecular weight is 242 g/mol. The van der Waals surface area contributed by atoms with Crippen molar-refractivity contribution in [2.45, 2.75) is 40.0 Å². The molecule has 0 heterocycles. The summed E-state index contributed by atoms with van der Waals surface area (Å²) in [4.78, 5) is 0. The molecular weight excluding hydrogens is 222 g/mol. The van der Waals surface area contributed by atoms with Crippen LogP contribution in [0.1, 0.15) is 40.0 Å². The fourth-order valence-corrected chi connectivity index (χ4v) is 1.55. The van der Waals surface area contributed by atoms with Crippen molar-refractivity contribution in [2.75, 3.05) is 6.61 Å². The van der Waals surface area contributed by atoms with Crippen molar-refractivity contribution in [3.63, 3.8) is 0 Å². The third-order valence-corrected chi connectivity index (χ3v) is 2.49. The average Bonchev–Trinajstić information content (AvgIpc) is 2.20. The smallest absolute Gasteiger partial charge is 0.190 e. The lowest BCUT2D eigenvalue weighted by Gasteiger charge is -2.17. The van der Waals surface area contributed by atoms with Gasteiger partial charge in [-0.25, -0.2) is 8.78 Å². The van der Waals surface area contributed by atoms with Crippen LogP contribution in [0.25, 0.3) is 0 Å². The lowest BCUT2D eigenvalue weighted by atomic mass is 9.90. The van der Waals surface area contributed by atoms with Gasteiger partial charge < -0.3 is 4.74 Å². The highest BCUT2D eigenvalue weighted by molar-refractivity contribution is 5.25. The Morgan fingerprint density at radius 1 is 1.06 bits per heavy atom. The standard InChI is InChI=1S/C14H20F2O/c1-14(2,3)9-4-5-10-17-13-11(15)7-6-8-12(13)16/h6-8H,4-5,9-10H2,1-3H3. The van der Waals surface area contributed by atoms with Crippen molar-refractivity contribution >= 4 is 0 Å². The lowest BCUT2D eigenvalue weighted by Crippen LogP contribution is -2.06. The van der Waals surface area contributed by atoms with Crippen LogP contribution >= 0.6 is 0 Å². The Hall–Kier alpha value is -1.12. The van der Waals surface area contributed by atoms with Crippen LogP contribution < -0.4 is 4.74 Å². The topological polar surface area (TPSA) is 9.23 Å². The van der Waals surface area contributed by atoms with E-state index in [0.717, 1.165) is 19.3 Å². The maximum atomic E-state index is 13.2. The van der Waals surface area contributed by atoms with Crippen LogP contribution in [0.15, 0.2) is 18.2 Å². The third kappa shape index (κ3) is 5.16. The first-order chi connectivity index (χ1) is 7.90. The molecule has 0 spiro atoms. The number of hydrogen-bond acceptors (Lipinski definition) is 1. The lowest BCUT2D eigenvalue weighted by molar-refractivity contribution is 0.263. The SMILES string of the molecule is CC(C)(C)CCCCOc1c(F)cccc1F. The highest BCUT2D eigenvalue weighted by atomic mass is 19.1. The molecule has 0 saturated carbocycles. The second kappa shape index (κ2) is 5.99. The van der Waals surface area contributed by atoms with Crippen molar-refractivity contribution in [3.05, 3.63) is 29.8 Å². The Balaban J connectivity index is 2.32. The zero-order chi connectivity index (χ0) is 12.9. The van der Waals surface area contributed by atoms with E-state index in [4.69, 9.17) is 4.74 Å². The van der Waals surface area contributed by atoms with Crippen LogP contribution in [0.5, 0.6) is 5.75 Å². The zero-order valence-corrected chi connectivity index (χ0v) is 10.7. The molecule has 0 amide bonds. The fraction of sp³-hybridized carbons (Fsp3) is 0.571. The van der Waals surface area contributed by atoms with Gasteiger partial charge in [-0.05, 0) is 36.8 Å². The van der Waals surface area contributed by atoms with E-state index in [2.05, 4.69) is 20.8 Å². The summed E-state index contributed by atoms with van der Waals surface area (Å²) in [5.41, 5.74) is 0.295. The molecule has 1 aromatic carbocycles. The van der Waals surface area contributed by atoms with Crippen LogP contribution in [0, 0.1) is 17.0 Å². The minimum absolute atomic E-state index is 0.261. The largest absolute Gasteiger partial charge is 0.488 e. The fourth-order valence-electron chi connectivity index (χ4n) is 1.55. The van der Waals surface area contributed by atoms with Crippen molar-refractivity contribution in [3.8, 4) is 5.75 Å². The second-order valence-corrected chi connectivity index (χ2v) is 5.42. The summed E-state index contributed by atoms with van der Waals surface area (Å²) in [5, 5.41) is 0. The molecule has 0 saturated heterocycles. The number of benzene rings is 1. The van der Waals surface area contributed by atoms with Gasteiger partial charge in [0.1, 0.15) is 0 Å². The van der Waals surface area contributed by atoms with Gasteiger partial charge in [-0.3, -0.25) is 0 Å². The molecule has 1 nitrogen and oxygen atoms in total. The van der Waals surface area contributed by atoms with Gasteiger partial charge >= 0.3 is 0 Å². The Bertz CT molecular complexity index is 335. The molecule has 0 aromatic heterocycles. The predicted molar refractivity (Wildman–Crippen MR) is 65.2 cm³/mol. The highest BCUT2D eigenvalue weighted by Crippen LogP contribution is 2.23. The van der Waals surface area contributed by atoms with Gasteiger partial charge in [-0.15, -0.1) is 0 Å². The maximum absolute atomic E-state index is 13.2. The quantitative estimate of drug-likeness (QED) is 0.688. The Labute approximate surface area is 102 Å². The summed E-state index contributed by atoms with van der Waals surface area (Å²) in [6.07, 6.45) is 2.89. The van der Waals surface area contributed by atoms with Crippen LogP contribution in [-0.2, 0) is 0 Å². The summed E-state index contributed by atoms with van der Waals surface area (Å²) in [6, 6.07) is 3.73. The van der Waals surface area contributed by atoms with Crippen LogP contribution in [0.4, 0.5) is 8.78 Å².